The molecule has 118 valence electrons. The van der Waals surface area contributed by atoms with Crippen molar-refractivity contribution in [2.24, 2.45) is 0 Å². The second kappa shape index (κ2) is 7.02. The fourth-order valence-corrected chi connectivity index (χ4v) is 4.29. The number of urea groups is 1. The number of hydrogen-bond donors (Lipinski definition) is 3. The lowest BCUT2D eigenvalue weighted by atomic mass is 10.0. The van der Waals surface area contributed by atoms with Gasteiger partial charge in [0, 0.05) is 24.5 Å². The van der Waals surface area contributed by atoms with Gasteiger partial charge in [-0.1, -0.05) is 6.42 Å². The van der Waals surface area contributed by atoms with Crippen LogP contribution in [0.4, 0.5) is 4.79 Å². The van der Waals surface area contributed by atoms with Crippen LogP contribution in [0.15, 0.2) is 0 Å². The Labute approximate surface area is 127 Å². The molecule has 2 aliphatic heterocycles. The third-order valence-electron chi connectivity index (χ3n) is 3.87. The van der Waals surface area contributed by atoms with Crippen molar-refractivity contribution in [3.05, 3.63) is 0 Å². The van der Waals surface area contributed by atoms with Crippen LogP contribution < -0.4 is 10.6 Å². The summed E-state index contributed by atoms with van der Waals surface area (Å²) in [5, 5.41) is 14.9. The quantitative estimate of drug-likeness (QED) is 0.462. The molecule has 0 saturated carbocycles. The number of carboxylic acids is 1. The summed E-state index contributed by atoms with van der Waals surface area (Å²) in [7, 11) is 1.51. The van der Waals surface area contributed by atoms with E-state index in [0.717, 1.165) is 25.0 Å². The maximum Gasteiger partial charge on any atom is 0.323 e. The van der Waals surface area contributed by atoms with Crippen molar-refractivity contribution in [2.45, 2.75) is 43.0 Å². The molecule has 0 aromatic heterocycles. The van der Waals surface area contributed by atoms with E-state index >= 15 is 0 Å². The summed E-state index contributed by atoms with van der Waals surface area (Å²) >= 11 is 1.86. The molecule has 0 radical (unpaired) electrons. The monoisotopic (exact) mass is 315 g/mol. The Morgan fingerprint density at radius 3 is 2.86 bits per heavy atom. The van der Waals surface area contributed by atoms with Crippen LogP contribution in [0.5, 0.6) is 0 Å². The highest BCUT2D eigenvalue weighted by atomic mass is 32.2. The van der Waals surface area contributed by atoms with Crippen molar-refractivity contribution in [3.63, 3.8) is 0 Å². The summed E-state index contributed by atoms with van der Waals surface area (Å²) < 4.78 is 0. The third-order valence-corrected chi connectivity index (χ3v) is 5.37. The van der Waals surface area contributed by atoms with Crippen molar-refractivity contribution in [3.8, 4) is 0 Å². The SMILES string of the molecule is CN(CC(=O)O)C(=O)CCCC[C@@H]1SC[C@@H]2NC(=O)N[C@H]21. The molecule has 0 unspecified atom stereocenters. The van der Waals surface area contributed by atoms with Crippen LogP contribution in [-0.2, 0) is 9.59 Å². The lowest BCUT2D eigenvalue weighted by Crippen LogP contribution is -2.36. The van der Waals surface area contributed by atoms with Gasteiger partial charge in [0.2, 0.25) is 5.91 Å². The fourth-order valence-electron chi connectivity index (χ4n) is 2.75. The molecular formula is C13H21N3O4S. The Kier molecular flexibility index (Phi) is 5.33. The van der Waals surface area contributed by atoms with E-state index in [-0.39, 0.29) is 30.6 Å². The number of carbonyl (C=O) groups excluding carboxylic acids is 2. The second-order valence-corrected chi connectivity index (χ2v) is 6.78. The number of likely N-dealkylation sites (N-methyl/N-ethyl adjacent to an activating group) is 1. The summed E-state index contributed by atoms with van der Waals surface area (Å²) in [6.07, 6.45) is 2.99. The molecule has 2 rings (SSSR count). The van der Waals surface area contributed by atoms with E-state index in [1.54, 1.807) is 0 Å². The van der Waals surface area contributed by atoms with Gasteiger partial charge in [-0.25, -0.2) is 4.79 Å². The van der Waals surface area contributed by atoms with E-state index < -0.39 is 5.97 Å². The highest BCUT2D eigenvalue weighted by molar-refractivity contribution is 8.00. The lowest BCUT2D eigenvalue weighted by Gasteiger charge is -2.17. The van der Waals surface area contributed by atoms with Crippen molar-refractivity contribution < 1.29 is 19.5 Å². The molecule has 2 fully saturated rings. The zero-order valence-corrected chi connectivity index (χ0v) is 12.8. The molecule has 0 aromatic carbocycles. The van der Waals surface area contributed by atoms with Crippen molar-refractivity contribution in [2.75, 3.05) is 19.3 Å². The van der Waals surface area contributed by atoms with Crippen LogP contribution in [0, 0.1) is 0 Å². The van der Waals surface area contributed by atoms with Gasteiger partial charge in [0.1, 0.15) is 6.54 Å². The molecule has 21 heavy (non-hydrogen) atoms. The Morgan fingerprint density at radius 2 is 2.14 bits per heavy atom. The topological polar surface area (TPSA) is 98.7 Å². The number of nitrogens with zero attached hydrogens (tertiary/aromatic N) is 1. The van der Waals surface area contributed by atoms with Crippen molar-refractivity contribution >= 4 is 29.7 Å². The summed E-state index contributed by atoms with van der Waals surface area (Å²) in [4.78, 5) is 34.7. The van der Waals surface area contributed by atoms with E-state index in [1.165, 1.54) is 11.9 Å². The number of carbonyl (C=O) groups is 3. The summed E-state index contributed by atoms with van der Waals surface area (Å²) in [5.41, 5.74) is 0. The highest BCUT2D eigenvalue weighted by Crippen LogP contribution is 2.33. The second-order valence-electron chi connectivity index (χ2n) is 5.51. The zero-order valence-electron chi connectivity index (χ0n) is 12.0. The minimum Gasteiger partial charge on any atom is -0.480 e. The van der Waals surface area contributed by atoms with E-state index in [2.05, 4.69) is 10.6 Å². The summed E-state index contributed by atoms with van der Waals surface area (Å²) in [5.74, 6) is -0.192. The van der Waals surface area contributed by atoms with Gasteiger partial charge in [0.25, 0.3) is 0 Å². The molecule has 2 saturated heterocycles. The minimum absolute atomic E-state index is 0.0826. The average Bonchev–Trinajstić information content (AvgIpc) is 2.93. The van der Waals surface area contributed by atoms with E-state index in [9.17, 15) is 14.4 Å². The summed E-state index contributed by atoms with van der Waals surface area (Å²) in [6.45, 7) is -0.251. The Bertz CT molecular complexity index is 432. The average molecular weight is 315 g/mol. The first kappa shape index (κ1) is 15.9. The molecule has 2 aliphatic rings. The molecule has 0 aliphatic carbocycles. The molecule has 0 spiro atoms. The molecule has 8 heteroatoms. The van der Waals surface area contributed by atoms with Crippen LogP contribution in [0.2, 0.25) is 0 Å². The van der Waals surface area contributed by atoms with Gasteiger partial charge in [-0.15, -0.1) is 0 Å². The maximum atomic E-state index is 11.7. The Balaban J connectivity index is 1.63. The molecule has 2 heterocycles. The molecule has 0 aromatic rings. The smallest absolute Gasteiger partial charge is 0.323 e. The fraction of sp³-hybridized carbons (Fsp3) is 0.769. The van der Waals surface area contributed by atoms with Gasteiger partial charge < -0.3 is 20.6 Å². The molecule has 3 N–H and O–H groups in total. The highest BCUT2D eigenvalue weighted by Gasteiger charge is 2.42. The number of unbranched alkanes of at least 4 members (excludes halogenated alkanes) is 1. The molecule has 3 amide bonds. The first-order valence-electron chi connectivity index (χ1n) is 7.12. The normalized spacial score (nSPS) is 26.9. The Morgan fingerprint density at radius 1 is 1.38 bits per heavy atom. The van der Waals surface area contributed by atoms with Gasteiger partial charge in [0.15, 0.2) is 0 Å². The van der Waals surface area contributed by atoms with E-state index in [4.69, 9.17) is 5.11 Å². The number of amides is 3. The van der Waals surface area contributed by atoms with Crippen LogP contribution >= 0.6 is 11.8 Å². The number of fused-ring (bicyclic) bond motifs is 1. The number of rotatable bonds is 7. The summed E-state index contributed by atoms with van der Waals surface area (Å²) in [6, 6.07) is 0.351. The van der Waals surface area contributed by atoms with Gasteiger partial charge in [-0.3, -0.25) is 9.59 Å². The zero-order chi connectivity index (χ0) is 15.4. The van der Waals surface area contributed by atoms with Crippen molar-refractivity contribution in [1.82, 2.24) is 15.5 Å². The molecule has 0 bridgehead atoms. The van der Waals surface area contributed by atoms with Crippen LogP contribution in [0.25, 0.3) is 0 Å². The number of thioether (sulfide) groups is 1. The molecular weight excluding hydrogens is 294 g/mol. The van der Waals surface area contributed by atoms with E-state index in [0.29, 0.717) is 11.7 Å². The van der Waals surface area contributed by atoms with Gasteiger partial charge in [0.05, 0.1) is 12.1 Å². The first-order chi connectivity index (χ1) is 9.97. The number of hydrogen-bond acceptors (Lipinski definition) is 4. The van der Waals surface area contributed by atoms with E-state index in [1.807, 2.05) is 11.8 Å². The van der Waals surface area contributed by atoms with Gasteiger partial charge in [-0.05, 0) is 12.8 Å². The predicted octanol–water partition coefficient (Wildman–Crippen LogP) is 0.255. The standard InChI is InChI=1S/C13H21N3O4S/c1-16(6-11(18)19)10(17)5-3-2-4-9-12-8(7-21-9)14-13(20)15-12/h8-9,12H,2-7H2,1H3,(H,18,19)(H2,14,15,20)/t8-,9-,12+/m0/s1. The van der Waals surface area contributed by atoms with Crippen LogP contribution in [0.3, 0.4) is 0 Å². The number of nitrogens with one attached hydrogen (secondary N) is 2. The van der Waals surface area contributed by atoms with Crippen LogP contribution in [-0.4, -0.2) is 64.6 Å². The lowest BCUT2D eigenvalue weighted by molar-refractivity contribution is -0.143. The third kappa shape index (κ3) is 4.26. The van der Waals surface area contributed by atoms with Crippen LogP contribution in [0.1, 0.15) is 25.7 Å². The largest absolute Gasteiger partial charge is 0.480 e. The predicted molar refractivity (Wildman–Crippen MR) is 79.2 cm³/mol. The Hall–Kier alpha value is -1.44. The molecule has 7 nitrogen and oxygen atoms in total. The maximum absolute atomic E-state index is 11.7. The first-order valence-corrected chi connectivity index (χ1v) is 8.16. The number of aliphatic carboxylic acids is 1. The minimum atomic E-state index is -0.997. The van der Waals surface area contributed by atoms with Crippen molar-refractivity contribution in [1.29, 1.82) is 0 Å². The van der Waals surface area contributed by atoms with Gasteiger partial charge >= 0.3 is 12.0 Å². The molecule has 3 atom stereocenters. The van der Waals surface area contributed by atoms with Gasteiger partial charge in [-0.2, -0.15) is 11.8 Å². The number of carboxylic acid groups (broad SMARTS) is 1.